The van der Waals surface area contributed by atoms with Gasteiger partial charge < -0.3 is 19.8 Å². The lowest BCUT2D eigenvalue weighted by Gasteiger charge is -2.13. The number of hydrogen-bond donors (Lipinski definition) is 1. The number of carbonyl (C=O) groups excluding carboxylic acids is 1. The number of methoxy groups -OCH3 is 2. The smallest absolute Gasteiger partial charge is 0.251 e. The third-order valence-corrected chi connectivity index (χ3v) is 5.59. The molecule has 2 aromatic carbocycles. The minimum Gasteiger partial charge on any atom is -0.493 e. The molecule has 0 aliphatic heterocycles. The number of ether oxygens (including phenoxy) is 2. The standard InChI is InChI=1S/C25H27N3O3/c1-5-20-24(19-9-6-18(15-26)7-10-19)23(25(27)29)16(2)28(20)13-12-17-8-11-21(30-3)22(14-17)31-4/h6-11,14H,5,12-13H2,1-4H3,(H2,27,29). The van der Waals surface area contributed by atoms with E-state index < -0.39 is 5.91 Å². The number of carbonyl (C=O) groups is 1. The first-order valence-corrected chi connectivity index (χ1v) is 10.2. The molecule has 1 aromatic heterocycles. The topological polar surface area (TPSA) is 90.3 Å². The van der Waals surface area contributed by atoms with E-state index in [0.29, 0.717) is 29.2 Å². The maximum atomic E-state index is 12.4. The van der Waals surface area contributed by atoms with Gasteiger partial charge in [0.25, 0.3) is 5.91 Å². The highest BCUT2D eigenvalue weighted by molar-refractivity contribution is 6.02. The van der Waals surface area contributed by atoms with Gasteiger partial charge in [0.1, 0.15) is 0 Å². The lowest BCUT2D eigenvalue weighted by molar-refractivity contribution is 0.1000. The largest absolute Gasteiger partial charge is 0.493 e. The number of benzene rings is 2. The quantitative estimate of drug-likeness (QED) is 0.593. The van der Waals surface area contributed by atoms with E-state index in [-0.39, 0.29) is 0 Å². The molecule has 0 fully saturated rings. The zero-order valence-electron chi connectivity index (χ0n) is 18.4. The fourth-order valence-electron chi connectivity index (χ4n) is 4.07. The summed E-state index contributed by atoms with van der Waals surface area (Å²) >= 11 is 0. The first-order valence-electron chi connectivity index (χ1n) is 10.2. The van der Waals surface area contributed by atoms with Crippen LogP contribution in [-0.4, -0.2) is 24.7 Å². The maximum absolute atomic E-state index is 12.4. The van der Waals surface area contributed by atoms with E-state index in [1.54, 1.807) is 26.4 Å². The molecular weight excluding hydrogens is 390 g/mol. The second kappa shape index (κ2) is 9.40. The zero-order chi connectivity index (χ0) is 22.5. The monoisotopic (exact) mass is 417 g/mol. The van der Waals surface area contributed by atoms with Gasteiger partial charge in [-0.15, -0.1) is 0 Å². The molecule has 1 amide bonds. The van der Waals surface area contributed by atoms with Gasteiger partial charge in [-0.05, 0) is 55.2 Å². The van der Waals surface area contributed by atoms with E-state index >= 15 is 0 Å². The molecule has 6 heteroatoms. The lowest BCUT2D eigenvalue weighted by Crippen LogP contribution is -2.14. The molecule has 0 bridgehead atoms. The highest BCUT2D eigenvalue weighted by Crippen LogP contribution is 2.34. The lowest BCUT2D eigenvalue weighted by atomic mass is 9.98. The minimum absolute atomic E-state index is 0.448. The van der Waals surface area contributed by atoms with Crippen LogP contribution in [0.1, 0.15) is 39.8 Å². The van der Waals surface area contributed by atoms with Crippen LogP contribution in [0, 0.1) is 18.3 Å². The van der Waals surface area contributed by atoms with Crippen molar-refractivity contribution in [2.24, 2.45) is 5.73 Å². The number of rotatable bonds is 8. The van der Waals surface area contributed by atoms with E-state index in [2.05, 4.69) is 17.6 Å². The van der Waals surface area contributed by atoms with Crippen LogP contribution in [0.25, 0.3) is 11.1 Å². The molecule has 1 heterocycles. The van der Waals surface area contributed by atoms with E-state index in [1.807, 2.05) is 37.3 Å². The summed E-state index contributed by atoms with van der Waals surface area (Å²) in [6.07, 6.45) is 1.50. The Kier molecular flexibility index (Phi) is 6.66. The van der Waals surface area contributed by atoms with Crippen LogP contribution in [0.4, 0.5) is 0 Å². The number of nitrogens with zero attached hydrogens (tertiary/aromatic N) is 2. The molecule has 0 unspecified atom stereocenters. The van der Waals surface area contributed by atoms with E-state index in [0.717, 1.165) is 40.9 Å². The second-order valence-electron chi connectivity index (χ2n) is 7.28. The summed E-state index contributed by atoms with van der Waals surface area (Å²) in [4.78, 5) is 12.4. The summed E-state index contributed by atoms with van der Waals surface area (Å²) in [5.41, 5.74) is 11.6. The van der Waals surface area contributed by atoms with Crippen LogP contribution in [-0.2, 0) is 19.4 Å². The van der Waals surface area contributed by atoms with Crippen molar-refractivity contribution in [1.82, 2.24) is 4.57 Å². The Balaban J connectivity index is 2.03. The van der Waals surface area contributed by atoms with Gasteiger partial charge in [0.05, 0.1) is 31.4 Å². The summed E-state index contributed by atoms with van der Waals surface area (Å²) in [5.74, 6) is 0.934. The fourth-order valence-corrected chi connectivity index (χ4v) is 4.07. The minimum atomic E-state index is -0.448. The van der Waals surface area contributed by atoms with Crippen LogP contribution in [0.5, 0.6) is 11.5 Å². The first-order chi connectivity index (χ1) is 14.9. The normalized spacial score (nSPS) is 10.5. The Hall–Kier alpha value is -3.72. The fraction of sp³-hybridized carbons (Fsp3) is 0.280. The molecule has 3 rings (SSSR count). The molecule has 0 aliphatic carbocycles. The van der Waals surface area contributed by atoms with Crippen molar-refractivity contribution >= 4 is 5.91 Å². The molecule has 31 heavy (non-hydrogen) atoms. The third kappa shape index (κ3) is 4.26. The summed E-state index contributed by atoms with van der Waals surface area (Å²) in [6, 6.07) is 15.3. The van der Waals surface area contributed by atoms with Crippen molar-refractivity contribution in [3.63, 3.8) is 0 Å². The van der Waals surface area contributed by atoms with Crippen LogP contribution in [0.3, 0.4) is 0 Å². The summed E-state index contributed by atoms with van der Waals surface area (Å²) in [5, 5.41) is 9.09. The first kappa shape index (κ1) is 22.0. The van der Waals surface area contributed by atoms with Gasteiger partial charge in [-0.2, -0.15) is 5.26 Å². The average Bonchev–Trinajstić information content (AvgIpc) is 3.08. The van der Waals surface area contributed by atoms with Crippen molar-refractivity contribution < 1.29 is 14.3 Å². The van der Waals surface area contributed by atoms with E-state index in [1.165, 1.54) is 0 Å². The molecule has 0 atom stereocenters. The van der Waals surface area contributed by atoms with Crippen LogP contribution < -0.4 is 15.2 Å². The van der Waals surface area contributed by atoms with Gasteiger partial charge in [-0.1, -0.05) is 25.1 Å². The van der Waals surface area contributed by atoms with Crippen molar-refractivity contribution in [1.29, 1.82) is 5.26 Å². The van der Waals surface area contributed by atoms with Gasteiger partial charge in [0, 0.05) is 23.5 Å². The van der Waals surface area contributed by atoms with Gasteiger partial charge in [0.15, 0.2) is 11.5 Å². The van der Waals surface area contributed by atoms with Crippen molar-refractivity contribution in [3.05, 3.63) is 70.5 Å². The molecular formula is C25H27N3O3. The van der Waals surface area contributed by atoms with Crippen LogP contribution >= 0.6 is 0 Å². The third-order valence-electron chi connectivity index (χ3n) is 5.59. The van der Waals surface area contributed by atoms with E-state index in [4.69, 9.17) is 20.5 Å². The molecule has 0 aliphatic rings. The van der Waals surface area contributed by atoms with Gasteiger partial charge in [-0.3, -0.25) is 4.79 Å². The molecule has 2 N–H and O–H groups in total. The number of aryl methyl sites for hydroxylation is 1. The van der Waals surface area contributed by atoms with Gasteiger partial charge >= 0.3 is 0 Å². The molecule has 0 saturated heterocycles. The SMILES string of the molecule is CCc1c(-c2ccc(C#N)cc2)c(C(N)=O)c(C)n1CCc1ccc(OC)c(OC)c1. The Labute approximate surface area is 182 Å². The molecule has 0 saturated carbocycles. The van der Waals surface area contributed by atoms with Crippen molar-refractivity contribution in [2.45, 2.75) is 33.2 Å². The average molecular weight is 418 g/mol. The van der Waals surface area contributed by atoms with Crippen LogP contribution in [0.2, 0.25) is 0 Å². The molecule has 3 aromatic rings. The predicted molar refractivity (Wildman–Crippen MR) is 120 cm³/mol. The molecule has 6 nitrogen and oxygen atoms in total. The number of hydrogen-bond acceptors (Lipinski definition) is 4. The Bertz CT molecular complexity index is 1140. The Morgan fingerprint density at radius 3 is 2.32 bits per heavy atom. The van der Waals surface area contributed by atoms with Crippen LogP contribution in [0.15, 0.2) is 42.5 Å². The molecule has 0 radical (unpaired) electrons. The van der Waals surface area contributed by atoms with Gasteiger partial charge in [0.2, 0.25) is 0 Å². The second-order valence-corrected chi connectivity index (χ2v) is 7.28. The highest BCUT2D eigenvalue weighted by atomic mass is 16.5. The molecule has 0 spiro atoms. The van der Waals surface area contributed by atoms with Crippen molar-refractivity contribution in [3.8, 4) is 28.7 Å². The molecule has 160 valence electrons. The number of nitriles is 1. The number of aromatic nitrogens is 1. The summed E-state index contributed by atoms with van der Waals surface area (Å²) < 4.78 is 12.9. The zero-order valence-corrected chi connectivity index (χ0v) is 18.4. The van der Waals surface area contributed by atoms with Crippen molar-refractivity contribution in [2.75, 3.05) is 14.2 Å². The van der Waals surface area contributed by atoms with E-state index in [9.17, 15) is 4.79 Å². The predicted octanol–water partition coefficient (Wildman–Crippen LogP) is 4.26. The number of primary amides is 1. The summed E-state index contributed by atoms with van der Waals surface area (Å²) in [7, 11) is 3.24. The summed E-state index contributed by atoms with van der Waals surface area (Å²) in [6.45, 7) is 4.70. The Morgan fingerprint density at radius 1 is 1.10 bits per heavy atom. The number of amides is 1. The van der Waals surface area contributed by atoms with Gasteiger partial charge in [-0.25, -0.2) is 0 Å². The Morgan fingerprint density at radius 2 is 1.77 bits per heavy atom. The maximum Gasteiger partial charge on any atom is 0.251 e. The highest BCUT2D eigenvalue weighted by Gasteiger charge is 2.24. The number of nitrogens with two attached hydrogens (primary N) is 1.